The number of piperidine rings is 1. The quantitative estimate of drug-likeness (QED) is 0.367. The van der Waals surface area contributed by atoms with Crippen LogP contribution in [0.15, 0.2) is 64.0 Å². The van der Waals surface area contributed by atoms with Crippen molar-refractivity contribution in [3.8, 4) is 0 Å². The second-order valence-corrected chi connectivity index (χ2v) is 11.2. The summed E-state index contributed by atoms with van der Waals surface area (Å²) in [5.41, 5.74) is 2.75. The smallest absolute Gasteiger partial charge is 0.289 e. The molecule has 3 aromatic rings. The summed E-state index contributed by atoms with van der Waals surface area (Å²) < 4.78 is 7.12. The SMILES string of the molecule is O=C(c1ccco1)N1CCN(C(=O)[C@@H]2Cc3cc([N+](=O)[O-])ccc3N3C[C@H]4C[C@@H](Cn5c4cccc5=O)[C@@H]23)CC1. The third kappa shape index (κ3) is 3.90. The fourth-order valence-electron chi connectivity index (χ4n) is 7.36. The Hall–Kier alpha value is -4.41. The number of fused-ring (bicyclic) bond motifs is 8. The van der Waals surface area contributed by atoms with Crippen LogP contribution in [0.2, 0.25) is 0 Å². The fraction of sp³-hybridized carbons (Fsp3) is 0.414. The molecule has 11 nitrogen and oxygen atoms in total. The van der Waals surface area contributed by atoms with Gasteiger partial charge in [-0.15, -0.1) is 0 Å². The number of hydrogen-bond acceptors (Lipinski definition) is 7. The molecule has 0 radical (unpaired) electrons. The van der Waals surface area contributed by atoms with Gasteiger partial charge in [-0.1, -0.05) is 6.07 Å². The van der Waals surface area contributed by atoms with Crippen molar-refractivity contribution < 1.29 is 18.9 Å². The van der Waals surface area contributed by atoms with Gasteiger partial charge in [0.05, 0.1) is 17.1 Å². The minimum Gasteiger partial charge on any atom is -0.459 e. The highest BCUT2D eigenvalue weighted by Crippen LogP contribution is 2.48. The number of nitrogens with zero attached hydrogens (tertiary/aromatic N) is 5. The minimum absolute atomic E-state index is 0.00177. The molecule has 1 aromatic carbocycles. The maximum absolute atomic E-state index is 14.2. The highest BCUT2D eigenvalue weighted by molar-refractivity contribution is 5.91. The average Bonchev–Trinajstić information content (AvgIpc) is 3.51. The molecular weight excluding hydrogens is 514 g/mol. The number of hydrogen-bond donors (Lipinski definition) is 0. The number of carbonyl (C=O) groups is 2. The van der Waals surface area contributed by atoms with Crippen LogP contribution in [-0.4, -0.2) is 69.9 Å². The lowest BCUT2D eigenvalue weighted by molar-refractivity contribution is -0.384. The van der Waals surface area contributed by atoms with E-state index in [0.29, 0.717) is 45.7 Å². The molecule has 206 valence electrons. The van der Waals surface area contributed by atoms with Crippen molar-refractivity contribution in [2.75, 3.05) is 37.6 Å². The number of amides is 2. The summed E-state index contributed by atoms with van der Waals surface area (Å²) in [6.45, 7) is 2.82. The molecule has 0 unspecified atom stereocenters. The number of pyridine rings is 1. The number of benzene rings is 1. The molecule has 6 heterocycles. The fourth-order valence-corrected chi connectivity index (χ4v) is 7.36. The van der Waals surface area contributed by atoms with Gasteiger partial charge < -0.3 is 23.7 Å². The van der Waals surface area contributed by atoms with Crippen LogP contribution in [-0.2, 0) is 17.8 Å². The molecule has 2 aromatic heterocycles. The number of nitro groups is 1. The van der Waals surface area contributed by atoms with Crippen molar-refractivity contribution in [3.63, 3.8) is 0 Å². The molecule has 0 saturated carbocycles. The van der Waals surface area contributed by atoms with E-state index in [0.717, 1.165) is 23.4 Å². The van der Waals surface area contributed by atoms with Crippen LogP contribution in [0.4, 0.5) is 11.4 Å². The molecule has 0 N–H and O–H groups in total. The van der Waals surface area contributed by atoms with Gasteiger partial charge in [-0.2, -0.15) is 0 Å². The molecule has 11 heteroatoms. The van der Waals surface area contributed by atoms with Crippen LogP contribution >= 0.6 is 0 Å². The molecule has 40 heavy (non-hydrogen) atoms. The van der Waals surface area contributed by atoms with E-state index in [2.05, 4.69) is 4.90 Å². The number of anilines is 1. The van der Waals surface area contributed by atoms with Gasteiger partial charge in [0.25, 0.3) is 17.2 Å². The zero-order valence-electron chi connectivity index (χ0n) is 21.8. The van der Waals surface area contributed by atoms with Crippen LogP contribution in [0.5, 0.6) is 0 Å². The van der Waals surface area contributed by atoms with E-state index in [1.807, 2.05) is 21.6 Å². The summed E-state index contributed by atoms with van der Waals surface area (Å²) in [4.78, 5) is 56.7. The Labute approximate surface area is 229 Å². The maximum Gasteiger partial charge on any atom is 0.289 e. The lowest BCUT2D eigenvalue weighted by Crippen LogP contribution is -2.62. The Morgan fingerprint density at radius 3 is 2.52 bits per heavy atom. The summed E-state index contributed by atoms with van der Waals surface area (Å²) in [6, 6.07) is 13.5. The highest BCUT2D eigenvalue weighted by Gasteiger charge is 2.50. The molecule has 2 bridgehead atoms. The molecule has 4 aliphatic heterocycles. The predicted octanol–water partition coefficient (Wildman–Crippen LogP) is 2.50. The highest BCUT2D eigenvalue weighted by atomic mass is 16.6. The van der Waals surface area contributed by atoms with Gasteiger partial charge in [-0.25, -0.2) is 0 Å². The lowest BCUT2D eigenvalue weighted by Gasteiger charge is -2.54. The van der Waals surface area contributed by atoms with E-state index in [1.54, 1.807) is 35.2 Å². The molecule has 4 aliphatic rings. The van der Waals surface area contributed by atoms with Crippen LogP contribution in [0, 0.1) is 22.0 Å². The maximum atomic E-state index is 14.2. The number of carbonyl (C=O) groups excluding carboxylic acids is 2. The standard InChI is InChI=1S/C29H29N5O6/c35-26-5-1-3-23-19-13-20(17-32(23)26)27-22(15-18-14-21(34(38)39)6-7-24(18)33(27)16-19)28(36)30-8-10-31(11-9-30)29(37)25-4-2-12-40-25/h1-7,12,14,19-20,22,27H,8-11,13,15-17H2/t19-,20+,22-,27+/m1/s1. The summed E-state index contributed by atoms with van der Waals surface area (Å²) in [7, 11) is 0. The van der Waals surface area contributed by atoms with Gasteiger partial charge in [0.15, 0.2) is 5.76 Å². The van der Waals surface area contributed by atoms with Gasteiger partial charge in [-0.05, 0) is 48.6 Å². The molecule has 0 aliphatic carbocycles. The van der Waals surface area contributed by atoms with Crippen molar-refractivity contribution in [2.45, 2.75) is 31.3 Å². The van der Waals surface area contributed by atoms with Crippen molar-refractivity contribution in [1.82, 2.24) is 14.4 Å². The number of aromatic nitrogens is 1. The van der Waals surface area contributed by atoms with E-state index in [9.17, 15) is 24.5 Å². The Kier molecular flexibility index (Phi) is 5.76. The molecule has 4 atom stereocenters. The summed E-state index contributed by atoms with van der Waals surface area (Å²) >= 11 is 0. The first-order chi connectivity index (χ1) is 19.4. The third-order valence-electron chi connectivity index (χ3n) is 9.13. The molecule has 7 rings (SSSR count). The van der Waals surface area contributed by atoms with E-state index in [1.165, 1.54) is 12.3 Å². The van der Waals surface area contributed by atoms with E-state index in [-0.39, 0.29) is 46.7 Å². The first-order valence-corrected chi connectivity index (χ1v) is 13.7. The number of rotatable bonds is 3. The predicted molar refractivity (Wildman–Crippen MR) is 144 cm³/mol. The van der Waals surface area contributed by atoms with Crippen LogP contribution in [0.25, 0.3) is 0 Å². The molecular formula is C29H29N5O6. The van der Waals surface area contributed by atoms with Gasteiger partial charge >= 0.3 is 0 Å². The third-order valence-corrected chi connectivity index (χ3v) is 9.13. The topological polar surface area (TPSA) is 122 Å². The monoisotopic (exact) mass is 543 g/mol. The van der Waals surface area contributed by atoms with Gasteiger partial charge in [0.1, 0.15) is 0 Å². The van der Waals surface area contributed by atoms with Crippen LogP contribution in [0.1, 0.15) is 34.2 Å². The molecule has 2 amide bonds. The van der Waals surface area contributed by atoms with Gasteiger partial charge in [0, 0.05) is 80.8 Å². The number of nitro benzene ring substituents is 1. The number of furan rings is 1. The van der Waals surface area contributed by atoms with Crippen LogP contribution < -0.4 is 10.5 Å². The average molecular weight is 544 g/mol. The van der Waals surface area contributed by atoms with E-state index in [4.69, 9.17) is 4.42 Å². The Morgan fingerprint density at radius 1 is 0.975 bits per heavy atom. The summed E-state index contributed by atoms with van der Waals surface area (Å²) in [6.07, 6.45) is 2.76. The molecule has 0 spiro atoms. The second-order valence-electron chi connectivity index (χ2n) is 11.2. The van der Waals surface area contributed by atoms with Crippen molar-refractivity contribution in [1.29, 1.82) is 0 Å². The normalized spacial score (nSPS) is 25.1. The zero-order chi connectivity index (χ0) is 27.5. The Morgan fingerprint density at radius 2 is 1.77 bits per heavy atom. The van der Waals surface area contributed by atoms with Gasteiger partial charge in [0.2, 0.25) is 5.91 Å². The van der Waals surface area contributed by atoms with Crippen molar-refractivity contribution in [3.05, 3.63) is 92.3 Å². The first-order valence-electron chi connectivity index (χ1n) is 13.7. The minimum atomic E-state index is -0.409. The molecule has 2 saturated heterocycles. The largest absolute Gasteiger partial charge is 0.459 e. The Balaban J connectivity index is 1.20. The zero-order valence-corrected chi connectivity index (χ0v) is 21.8. The van der Waals surface area contributed by atoms with Crippen LogP contribution in [0.3, 0.4) is 0 Å². The Bertz CT molecular complexity index is 1560. The first kappa shape index (κ1) is 24.6. The second kappa shape index (κ2) is 9.35. The van der Waals surface area contributed by atoms with Gasteiger partial charge in [-0.3, -0.25) is 24.5 Å². The number of piperazine rings is 1. The summed E-state index contributed by atoms with van der Waals surface area (Å²) in [5.74, 6) is -0.0876. The lowest BCUT2D eigenvalue weighted by atomic mass is 9.69. The van der Waals surface area contributed by atoms with E-state index < -0.39 is 10.8 Å². The summed E-state index contributed by atoms with van der Waals surface area (Å²) in [5, 5.41) is 11.6. The van der Waals surface area contributed by atoms with Crippen molar-refractivity contribution >= 4 is 23.2 Å². The molecule has 2 fully saturated rings. The van der Waals surface area contributed by atoms with Crippen molar-refractivity contribution in [2.24, 2.45) is 11.8 Å². The number of non-ortho nitro benzene ring substituents is 1. The van der Waals surface area contributed by atoms with E-state index >= 15 is 0 Å².